The second-order valence-corrected chi connectivity index (χ2v) is 8.57. The van der Waals surface area contributed by atoms with Crippen molar-refractivity contribution >= 4 is 51.7 Å². The maximum absolute atomic E-state index is 12.5. The molecule has 0 saturated carbocycles. The SMILES string of the molecule is O=C(O)C(=Cc1ccc(OCCn2c(=O)sc3cc(C=Cc4ccccc4)ccc32)cc1)C(=O)O. The lowest BCUT2D eigenvalue weighted by molar-refractivity contribution is -0.140. The molecule has 4 aromatic rings. The maximum Gasteiger partial charge on any atom is 0.343 e. The number of hydrogen-bond acceptors (Lipinski definition) is 5. The molecule has 4 rings (SSSR count). The van der Waals surface area contributed by atoms with Crippen molar-refractivity contribution in [2.45, 2.75) is 6.54 Å². The van der Waals surface area contributed by atoms with Crippen molar-refractivity contribution in [3.8, 4) is 5.75 Å². The molecule has 0 saturated heterocycles. The molecule has 176 valence electrons. The number of hydrogen-bond donors (Lipinski definition) is 2. The van der Waals surface area contributed by atoms with E-state index in [1.54, 1.807) is 28.8 Å². The van der Waals surface area contributed by atoms with E-state index in [4.69, 9.17) is 14.9 Å². The van der Waals surface area contributed by atoms with Gasteiger partial charge in [-0.15, -0.1) is 0 Å². The van der Waals surface area contributed by atoms with Crippen LogP contribution in [0.3, 0.4) is 0 Å². The van der Waals surface area contributed by atoms with E-state index in [2.05, 4.69) is 0 Å². The van der Waals surface area contributed by atoms with Gasteiger partial charge in [0.05, 0.1) is 16.8 Å². The summed E-state index contributed by atoms with van der Waals surface area (Å²) in [4.78, 5) is 34.5. The van der Waals surface area contributed by atoms with Crippen LogP contribution in [0.25, 0.3) is 28.4 Å². The van der Waals surface area contributed by atoms with Crippen molar-refractivity contribution < 1.29 is 24.5 Å². The Morgan fingerprint density at radius 1 is 0.857 bits per heavy atom. The summed E-state index contributed by atoms with van der Waals surface area (Å²) in [6.07, 6.45) is 5.12. The Morgan fingerprint density at radius 3 is 2.20 bits per heavy atom. The number of thiazole rings is 1. The van der Waals surface area contributed by atoms with Gasteiger partial charge in [0, 0.05) is 0 Å². The number of rotatable bonds is 9. The van der Waals surface area contributed by atoms with E-state index in [1.807, 2.05) is 60.7 Å². The molecule has 0 bridgehead atoms. The van der Waals surface area contributed by atoms with Crippen molar-refractivity contribution in [1.82, 2.24) is 4.57 Å². The molecular formula is C27H21NO6S. The fourth-order valence-corrected chi connectivity index (χ4v) is 4.42. The van der Waals surface area contributed by atoms with Crippen LogP contribution in [0.2, 0.25) is 0 Å². The van der Waals surface area contributed by atoms with Gasteiger partial charge in [-0.05, 0) is 47.0 Å². The fourth-order valence-electron chi connectivity index (χ4n) is 3.45. The van der Waals surface area contributed by atoms with Gasteiger partial charge in [-0.3, -0.25) is 9.36 Å². The lowest BCUT2D eigenvalue weighted by atomic mass is 10.1. The highest BCUT2D eigenvalue weighted by Crippen LogP contribution is 2.21. The predicted octanol–water partition coefficient (Wildman–Crippen LogP) is 4.87. The van der Waals surface area contributed by atoms with Crippen LogP contribution in [0.5, 0.6) is 5.75 Å². The van der Waals surface area contributed by atoms with Gasteiger partial charge in [-0.1, -0.05) is 72.0 Å². The van der Waals surface area contributed by atoms with E-state index in [-0.39, 0.29) is 11.5 Å². The van der Waals surface area contributed by atoms with Crippen LogP contribution in [-0.4, -0.2) is 33.3 Å². The van der Waals surface area contributed by atoms with E-state index in [1.165, 1.54) is 11.3 Å². The van der Waals surface area contributed by atoms with Gasteiger partial charge in [-0.25, -0.2) is 9.59 Å². The molecule has 0 atom stereocenters. The van der Waals surface area contributed by atoms with E-state index < -0.39 is 17.5 Å². The van der Waals surface area contributed by atoms with Crippen LogP contribution in [0, 0.1) is 0 Å². The zero-order valence-corrected chi connectivity index (χ0v) is 19.3. The third kappa shape index (κ3) is 5.93. The highest BCUT2D eigenvalue weighted by atomic mass is 32.1. The third-order valence-corrected chi connectivity index (χ3v) is 6.14. The number of benzene rings is 3. The molecule has 0 aliphatic heterocycles. The average molecular weight is 488 g/mol. The molecule has 0 amide bonds. The van der Waals surface area contributed by atoms with Crippen LogP contribution in [-0.2, 0) is 16.1 Å². The quantitative estimate of drug-likeness (QED) is 0.151. The minimum Gasteiger partial charge on any atom is -0.492 e. The summed E-state index contributed by atoms with van der Waals surface area (Å²) in [5.74, 6) is -2.49. The van der Waals surface area contributed by atoms with Crippen molar-refractivity contribution in [2.75, 3.05) is 6.61 Å². The Hall–Kier alpha value is -4.43. The van der Waals surface area contributed by atoms with Crippen LogP contribution >= 0.6 is 11.3 Å². The van der Waals surface area contributed by atoms with E-state index in [0.29, 0.717) is 17.9 Å². The summed E-state index contributed by atoms with van der Waals surface area (Å²) in [6.45, 7) is 0.619. The molecule has 1 aromatic heterocycles. The molecular weight excluding hydrogens is 466 g/mol. The van der Waals surface area contributed by atoms with Gasteiger partial charge in [0.15, 0.2) is 0 Å². The summed E-state index contributed by atoms with van der Waals surface area (Å²) < 4.78 is 8.30. The number of ether oxygens (including phenoxy) is 1. The molecule has 35 heavy (non-hydrogen) atoms. The molecule has 0 fully saturated rings. The number of carboxylic acids is 2. The number of aromatic nitrogens is 1. The maximum atomic E-state index is 12.5. The molecule has 0 aliphatic rings. The lowest BCUT2D eigenvalue weighted by Crippen LogP contribution is -2.17. The minimum atomic E-state index is -1.51. The Morgan fingerprint density at radius 2 is 1.51 bits per heavy atom. The van der Waals surface area contributed by atoms with Gasteiger partial charge in [0.25, 0.3) is 0 Å². The summed E-state index contributed by atoms with van der Waals surface area (Å²) >= 11 is 1.19. The monoisotopic (exact) mass is 487 g/mol. The Kier molecular flexibility index (Phi) is 7.23. The number of carbonyl (C=O) groups is 2. The molecule has 2 N–H and O–H groups in total. The molecule has 1 heterocycles. The summed E-state index contributed by atoms with van der Waals surface area (Å²) in [7, 11) is 0. The summed E-state index contributed by atoms with van der Waals surface area (Å²) in [5.41, 5.74) is 2.66. The first kappa shape index (κ1) is 23.7. The van der Waals surface area contributed by atoms with Gasteiger partial charge >= 0.3 is 16.8 Å². The van der Waals surface area contributed by atoms with E-state index >= 15 is 0 Å². The smallest absolute Gasteiger partial charge is 0.343 e. The summed E-state index contributed by atoms with van der Waals surface area (Å²) in [6, 6.07) is 22.3. The standard InChI is InChI=1S/C27H21NO6S/c29-25(30)22(26(31)32)16-19-8-11-21(12-9-19)34-15-14-28-23-13-10-20(17-24(23)35-27(28)33)7-6-18-4-2-1-3-5-18/h1-13,16-17H,14-15H2,(H,29,30)(H,31,32). The minimum absolute atomic E-state index is 0.0665. The zero-order chi connectivity index (χ0) is 24.8. The number of aliphatic carboxylic acids is 2. The van der Waals surface area contributed by atoms with E-state index in [9.17, 15) is 14.4 Å². The van der Waals surface area contributed by atoms with Crippen molar-refractivity contribution in [3.05, 3.63) is 105 Å². The highest BCUT2D eigenvalue weighted by Gasteiger charge is 2.15. The Balaban J connectivity index is 1.41. The lowest BCUT2D eigenvalue weighted by Gasteiger charge is -2.08. The Labute approximate surface area is 204 Å². The first-order chi connectivity index (χ1) is 16.9. The molecule has 0 aliphatic carbocycles. The largest absolute Gasteiger partial charge is 0.492 e. The van der Waals surface area contributed by atoms with Gasteiger partial charge < -0.3 is 14.9 Å². The van der Waals surface area contributed by atoms with Gasteiger partial charge in [-0.2, -0.15) is 0 Å². The summed E-state index contributed by atoms with van der Waals surface area (Å²) in [5, 5.41) is 17.9. The first-order valence-electron chi connectivity index (χ1n) is 10.7. The third-order valence-electron chi connectivity index (χ3n) is 5.20. The van der Waals surface area contributed by atoms with Crippen LogP contribution in [0.1, 0.15) is 16.7 Å². The van der Waals surface area contributed by atoms with Crippen LogP contribution in [0.15, 0.2) is 83.2 Å². The number of fused-ring (bicyclic) bond motifs is 1. The topological polar surface area (TPSA) is 106 Å². The molecule has 0 unspecified atom stereocenters. The van der Waals surface area contributed by atoms with Crippen LogP contribution in [0.4, 0.5) is 0 Å². The van der Waals surface area contributed by atoms with Crippen molar-refractivity contribution in [1.29, 1.82) is 0 Å². The zero-order valence-electron chi connectivity index (χ0n) is 18.5. The van der Waals surface area contributed by atoms with Crippen LogP contribution < -0.4 is 9.61 Å². The predicted molar refractivity (Wildman–Crippen MR) is 137 cm³/mol. The Bertz CT molecular complexity index is 1460. The fraction of sp³-hybridized carbons (Fsp3) is 0.0741. The average Bonchev–Trinajstić information content (AvgIpc) is 3.16. The molecule has 3 aromatic carbocycles. The van der Waals surface area contributed by atoms with E-state index in [0.717, 1.165) is 27.4 Å². The second kappa shape index (κ2) is 10.7. The molecule has 0 spiro atoms. The first-order valence-corrected chi connectivity index (χ1v) is 11.5. The van der Waals surface area contributed by atoms with Crippen molar-refractivity contribution in [3.63, 3.8) is 0 Å². The second-order valence-electron chi connectivity index (χ2n) is 7.58. The normalized spacial score (nSPS) is 11.0. The number of carboxylic acid groups (broad SMARTS) is 2. The van der Waals surface area contributed by atoms with Crippen molar-refractivity contribution in [2.24, 2.45) is 0 Å². The molecule has 0 radical (unpaired) electrons. The van der Waals surface area contributed by atoms with Gasteiger partial charge in [0.2, 0.25) is 0 Å². The highest BCUT2D eigenvalue weighted by molar-refractivity contribution is 7.16. The van der Waals surface area contributed by atoms with Gasteiger partial charge in [0.1, 0.15) is 17.9 Å². The number of nitrogens with zero attached hydrogens (tertiary/aromatic N) is 1. The molecule has 7 nitrogen and oxygen atoms in total. The molecule has 8 heteroatoms.